The molecule has 0 atom stereocenters. The molecule has 0 radical (unpaired) electrons. The van der Waals surface area contributed by atoms with Crippen molar-refractivity contribution in [2.45, 2.75) is 0 Å². The predicted octanol–water partition coefficient (Wildman–Crippen LogP) is 0.114. The minimum atomic E-state index is -0.0157. The van der Waals surface area contributed by atoms with Gasteiger partial charge in [0.25, 0.3) is 5.91 Å². The second-order valence-corrected chi connectivity index (χ2v) is 4.99. The Bertz CT molecular complexity index is 621. The zero-order valence-electron chi connectivity index (χ0n) is 12.1. The lowest BCUT2D eigenvalue weighted by Gasteiger charge is -2.34. The minimum absolute atomic E-state index is 0.0157. The molecule has 1 fully saturated rings. The summed E-state index contributed by atoms with van der Waals surface area (Å²) in [5.41, 5.74) is 5.52. The first kappa shape index (κ1) is 14.2. The number of carbonyl (C=O) groups is 1. The average molecular weight is 302 g/mol. The fraction of sp³-hybridized carbons (Fsp3) is 0.357. The molecule has 1 amide bonds. The molecule has 1 aliphatic rings. The number of rotatable bonds is 4. The number of ether oxygens (including phenoxy) is 1. The second kappa shape index (κ2) is 6.33. The second-order valence-electron chi connectivity index (χ2n) is 4.99. The van der Waals surface area contributed by atoms with E-state index in [9.17, 15) is 4.79 Å². The molecule has 0 aliphatic carbocycles. The van der Waals surface area contributed by atoms with Crippen LogP contribution < -0.4 is 15.4 Å². The summed E-state index contributed by atoms with van der Waals surface area (Å²) in [6, 6.07) is 9.32. The number of hydrogen-bond donors (Lipinski definition) is 2. The molecule has 2 heterocycles. The number of anilines is 2. The maximum Gasteiger partial charge on any atom is 0.260 e. The van der Waals surface area contributed by atoms with Crippen LogP contribution in [0.5, 0.6) is 5.75 Å². The number of benzene rings is 1. The Kier molecular flexibility index (Phi) is 4.08. The SMILES string of the molecule is Nc1nc(N2CCN(C(=O)COc3ccccc3)CC2)n[nH]1. The van der Waals surface area contributed by atoms with Gasteiger partial charge < -0.3 is 20.3 Å². The van der Waals surface area contributed by atoms with Crippen LogP contribution in [0.1, 0.15) is 0 Å². The summed E-state index contributed by atoms with van der Waals surface area (Å²) in [5.74, 6) is 1.55. The van der Waals surface area contributed by atoms with Crippen molar-refractivity contribution in [2.75, 3.05) is 43.4 Å². The first-order valence-electron chi connectivity index (χ1n) is 7.11. The predicted molar refractivity (Wildman–Crippen MR) is 81.5 cm³/mol. The zero-order valence-corrected chi connectivity index (χ0v) is 12.1. The van der Waals surface area contributed by atoms with Crippen LogP contribution in [0.2, 0.25) is 0 Å². The summed E-state index contributed by atoms with van der Waals surface area (Å²) in [7, 11) is 0. The standard InChI is InChI=1S/C14H18N6O2/c15-13-16-14(18-17-13)20-8-6-19(7-9-20)12(21)10-22-11-4-2-1-3-5-11/h1-5H,6-10H2,(H3,15,16,17,18). The van der Waals surface area contributed by atoms with E-state index >= 15 is 0 Å². The molecule has 3 rings (SSSR count). The molecule has 0 unspecified atom stereocenters. The van der Waals surface area contributed by atoms with Crippen LogP contribution in [0.4, 0.5) is 11.9 Å². The Hall–Kier alpha value is -2.77. The molecule has 1 saturated heterocycles. The molecular formula is C14H18N6O2. The van der Waals surface area contributed by atoms with Crippen LogP contribution in [0.3, 0.4) is 0 Å². The normalized spacial score (nSPS) is 14.9. The zero-order chi connectivity index (χ0) is 15.4. The molecule has 8 heteroatoms. The van der Waals surface area contributed by atoms with Crippen LogP contribution in [0, 0.1) is 0 Å². The summed E-state index contributed by atoms with van der Waals surface area (Å²) >= 11 is 0. The molecule has 8 nitrogen and oxygen atoms in total. The Labute approximate surface area is 127 Å². The van der Waals surface area contributed by atoms with Crippen molar-refractivity contribution in [1.29, 1.82) is 0 Å². The summed E-state index contributed by atoms with van der Waals surface area (Å²) < 4.78 is 5.48. The van der Waals surface area contributed by atoms with Gasteiger partial charge in [-0.05, 0) is 12.1 Å². The topological polar surface area (TPSA) is 100 Å². The minimum Gasteiger partial charge on any atom is -0.484 e. The summed E-state index contributed by atoms with van der Waals surface area (Å²) in [6.45, 7) is 2.64. The number of amides is 1. The van der Waals surface area contributed by atoms with Gasteiger partial charge in [-0.15, -0.1) is 5.10 Å². The van der Waals surface area contributed by atoms with Gasteiger partial charge in [-0.1, -0.05) is 18.2 Å². The van der Waals surface area contributed by atoms with Crippen molar-refractivity contribution in [3.63, 3.8) is 0 Å². The smallest absolute Gasteiger partial charge is 0.260 e. The number of nitrogens with one attached hydrogen (secondary N) is 1. The number of aromatic amines is 1. The highest BCUT2D eigenvalue weighted by Crippen LogP contribution is 2.12. The molecule has 0 bridgehead atoms. The van der Waals surface area contributed by atoms with Crippen molar-refractivity contribution in [2.24, 2.45) is 0 Å². The van der Waals surface area contributed by atoms with Crippen LogP contribution in [0.25, 0.3) is 0 Å². The maximum absolute atomic E-state index is 12.1. The van der Waals surface area contributed by atoms with Gasteiger partial charge in [-0.2, -0.15) is 4.98 Å². The van der Waals surface area contributed by atoms with E-state index in [1.165, 1.54) is 0 Å². The number of aromatic nitrogens is 3. The maximum atomic E-state index is 12.1. The number of nitrogens with two attached hydrogens (primary N) is 1. The first-order valence-corrected chi connectivity index (χ1v) is 7.11. The van der Waals surface area contributed by atoms with E-state index in [0.717, 1.165) is 0 Å². The monoisotopic (exact) mass is 302 g/mol. The van der Waals surface area contributed by atoms with Crippen LogP contribution in [-0.2, 0) is 4.79 Å². The third kappa shape index (κ3) is 3.27. The highest BCUT2D eigenvalue weighted by atomic mass is 16.5. The van der Waals surface area contributed by atoms with Crippen molar-refractivity contribution in [3.8, 4) is 5.75 Å². The fourth-order valence-electron chi connectivity index (χ4n) is 2.32. The largest absolute Gasteiger partial charge is 0.484 e. The molecule has 2 aromatic rings. The van der Waals surface area contributed by atoms with Crippen LogP contribution >= 0.6 is 0 Å². The van der Waals surface area contributed by atoms with E-state index in [4.69, 9.17) is 10.5 Å². The number of nitrogens with zero attached hydrogens (tertiary/aromatic N) is 4. The van der Waals surface area contributed by atoms with E-state index in [1.807, 2.05) is 35.2 Å². The Morgan fingerprint density at radius 1 is 1.23 bits per heavy atom. The van der Waals surface area contributed by atoms with Gasteiger partial charge in [0, 0.05) is 26.2 Å². The number of piperazine rings is 1. The van der Waals surface area contributed by atoms with Crippen molar-refractivity contribution in [1.82, 2.24) is 20.1 Å². The molecule has 22 heavy (non-hydrogen) atoms. The Morgan fingerprint density at radius 2 is 1.95 bits per heavy atom. The van der Waals surface area contributed by atoms with E-state index < -0.39 is 0 Å². The van der Waals surface area contributed by atoms with Gasteiger partial charge in [0.05, 0.1) is 0 Å². The van der Waals surface area contributed by atoms with Crippen molar-refractivity contribution >= 4 is 17.8 Å². The highest BCUT2D eigenvalue weighted by Gasteiger charge is 2.23. The Morgan fingerprint density at radius 3 is 2.59 bits per heavy atom. The van der Waals surface area contributed by atoms with Gasteiger partial charge in [-0.25, -0.2) is 5.10 Å². The number of carbonyl (C=O) groups excluding carboxylic acids is 1. The quantitative estimate of drug-likeness (QED) is 0.831. The number of para-hydroxylation sites is 1. The lowest BCUT2D eigenvalue weighted by molar-refractivity contribution is -0.133. The van der Waals surface area contributed by atoms with Crippen molar-refractivity contribution < 1.29 is 9.53 Å². The van der Waals surface area contributed by atoms with Crippen LogP contribution in [0.15, 0.2) is 30.3 Å². The molecule has 0 spiro atoms. The van der Waals surface area contributed by atoms with Gasteiger partial charge in [0.1, 0.15) is 5.75 Å². The summed E-state index contributed by atoms with van der Waals surface area (Å²) in [4.78, 5) is 20.0. The highest BCUT2D eigenvalue weighted by molar-refractivity contribution is 5.78. The Balaban J connectivity index is 1.47. The van der Waals surface area contributed by atoms with E-state index in [1.54, 1.807) is 4.90 Å². The van der Waals surface area contributed by atoms with Crippen LogP contribution in [-0.4, -0.2) is 58.8 Å². The van der Waals surface area contributed by atoms with E-state index in [0.29, 0.717) is 43.8 Å². The van der Waals surface area contributed by atoms with Gasteiger partial charge >= 0.3 is 0 Å². The molecule has 1 aromatic carbocycles. The van der Waals surface area contributed by atoms with Gasteiger partial charge in [0.2, 0.25) is 11.9 Å². The number of H-pyrrole nitrogens is 1. The van der Waals surface area contributed by atoms with E-state index in [-0.39, 0.29) is 12.5 Å². The lowest BCUT2D eigenvalue weighted by Crippen LogP contribution is -2.50. The first-order chi connectivity index (χ1) is 10.7. The van der Waals surface area contributed by atoms with Gasteiger partial charge in [-0.3, -0.25) is 4.79 Å². The molecule has 0 saturated carbocycles. The lowest BCUT2D eigenvalue weighted by atomic mass is 10.3. The van der Waals surface area contributed by atoms with Gasteiger partial charge in [0.15, 0.2) is 6.61 Å². The molecule has 116 valence electrons. The van der Waals surface area contributed by atoms with E-state index in [2.05, 4.69) is 15.2 Å². The molecule has 3 N–H and O–H groups in total. The molecule has 1 aromatic heterocycles. The van der Waals surface area contributed by atoms with Crippen molar-refractivity contribution in [3.05, 3.63) is 30.3 Å². The molecule has 1 aliphatic heterocycles. The fourth-order valence-corrected chi connectivity index (χ4v) is 2.32. The summed E-state index contributed by atoms with van der Waals surface area (Å²) in [6.07, 6.45) is 0. The third-order valence-corrected chi connectivity index (χ3v) is 3.51. The number of nitrogen functional groups attached to an aromatic ring is 1. The summed E-state index contributed by atoms with van der Waals surface area (Å²) in [5, 5.41) is 6.63. The molecular weight excluding hydrogens is 284 g/mol. The average Bonchev–Trinajstić information content (AvgIpc) is 3.00. The number of hydrogen-bond acceptors (Lipinski definition) is 6. The third-order valence-electron chi connectivity index (χ3n) is 3.51.